The van der Waals surface area contributed by atoms with E-state index in [9.17, 15) is 4.79 Å². The summed E-state index contributed by atoms with van der Waals surface area (Å²) in [5, 5.41) is 2.66. The molecule has 22 heavy (non-hydrogen) atoms. The molecule has 1 aliphatic heterocycles. The number of nitrogens with one attached hydrogen (secondary N) is 1. The molecule has 0 bridgehead atoms. The van der Waals surface area contributed by atoms with Crippen LogP contribution in [0.2, 0.25) is 0 Å². The first-order valence-electron chi connectivity index (χ1n) is 7.12. The number of rotatable bonds is 6. The lowest BCUT2D eigenvalue weighted by Gasteiger charge is -2.11. The minimum atomic E-state index is -0.391. The summed E-state index contributed by atoms with van der Waals surface area (Å²) in [4.78, 5) is 10.9. The molecule has 0 saturated carbocycles. The Morgan fingerprint density at radius 2 is 1.68 bits per heavy atom. The van der Waals surface area contributed by atoms with E-state index in [0.29, 0.717) is 19.8 Å². The van der Waals surface area contributed by atoms with Crippen LogP contribution in [0.1, 0.15) is 5.56 Å². The number of carbonyl (C=O) groups excluding carboxylic acids is 1. The number of amides is 1. The van der Waals surface area contributed by atoms with Gasteiger partial charge >= 0.3 is 6.09 Å². The van der Waals surface area contributed by atoms with Gasteiger partial charge in [-0.3, -0.25) is 0 Å². The van der Waals surface area contributed by atoms with Crippen LogP contribution in [0.15, 0.2) is 54.6 Å². The van der Waals surface area contributed by atoms with Crippen LogP contribution in [0.25, 0.3) is 0 Å². The lowest BCUT2D eigenvalue weighted by atomic mass is 10.2. The van der Waals surface area contributed by atoms with Crippen LogP contribution in [0.5, 0.6) is 11.5 Å². The summed E-state index contributed by atoms with van der Waals surface area (Å²) in [6.45, 7) is 1.26. The topological polar surface area (TPSA) is 56.8 Å². The van der Waals surface area contributed by atoms with Gasteiger partial charge in [0.25, 0.3) is 0 Å². The SMILES string of the molecule is O=C1NC(COc2ccc(OCc3ccccc3)cc2)CO1. The molecule has 0 spiro atoms. The van der Waals surface area contributed by atoms with E-state index >= 15 is 0 Å². The summed E-state index contributed by atoms with van der Waals surface area (Å²) >= 11 is 0. The van der Waals surface area contributed by atoms with Crippen LogP contribution in [-0.4, -0.2) is 25.3 Å². The van der Waals surface area contributed by atoms with Crippen molar-refractivity contribution in [2.45, 2.75) is 12.6 Å². The third-order valence-electron chi connectivity index (χ3n) is 3.26. The summed E-state index contributed by atoms with van der Waals surface area (Å²) in [6.07, 6.45) is -0.391. The number of carbonyl (C=O) groups is 1. The number of alkyl carbamates (subject to hydrolysis) is 1. The van der Waals surface area contributed by atoms with Crippen molar-refractivity contribution in [3.8, 4) is 11.5 Å². The number of benzene rings is 2. The maximum Gasteiger partial charge on any atom is 0.407 e. The molecule has 0 aromatic heterocycles. The van der Waals surface area contributed by atoms with E-state index in [1.165, 1.54) is 0 Å². The summed E-state index contributed by atoms with van der Waals surface area (Å²) in [7, 11) is 0. The second-order valence-electron chi connectivity index (χ2n) is 5.00. The van der Waals surface area contributed by atoms with Crippen molar-refractivity contribution in [3.63, 3.8) is 0 Å². The molecule has 1 aliphatic rings. The van der Waals surface area contributed by atoms with Gasteiger partial charge in [0.1, 0.15) is 37.4 Å². The van der Waals surface area contributed by atoms with Gasteiger partial charge in [-0.05, 0) is 29.8 Å². The van der Waals surface area contributed by atoms with Gasteiger partial charge in [-0.1, -0.05) is 30.3 Å². The summed E-state index contributed by atoms with van der Waals surface area (Å²) in [5.41, 5.74) is 1.12. The van der Waals surface area contributed by atoms with E-state index in [2.05, 4.69) is 5.32 Å². The highest BCUT2D eigenvalue weighted by molar-refractivity contribution is 5.69. The Labute approximate surface area is 128 Å². The average Bonchev–Trinajstić information content (AvgIpc) is 2.98. The molecule has 2 aromatic carbocycles. The highest BCUT2D eigenvalue weighted by Gasteiger charge is 2.22. The van der Waals surface area contributed by atoms with E-state index in [1.54, 1.807) is 0 Å². The molecule has 1 fully saturated rings. The molecule has 1 unspecified atom stereocenters. The van der Waals surface area contributed by atoms with Crippen LogP contribution in [0, 0.1) is 0 Å². The Balaban J connectivity index is 1.46. The Morgan fingerprint density at radius 1 is 1.00 bits per heavy atom. The molecule has 0 radical (unpaired) electrons. The number of ether oxygens (including phenoxy) is 3. The van der Waals surface area contributed by atoms with Crippen molar-refractivity contribution in [3.05, 3.63) is 60.2 Å². The van der Waals surface area contributed by atoms with Crippen molar-refractivity contribution in [2.75, 3.05) is 13.2 Å². The van der Waals surface area contributed by atoms with Crippen LogP contribution in [-0.2, 0) is 11.3 Å². The molecule has 1 amide bonds. The highest BCUT2D eigenvalue weighted by atomic mass is 16.6. The zero-order valence-electron chi connectivity index (χ0n) is 12.0. The van der Waals surface area contributed by atoms with Gasteiger partial charge in [-0.25, -0.2) is 4.79 Å². The van der Waals surface area contributed by atoms with Gasteiger partial charge in [-0.2, -0.15) is 0 Å². The number of hydrogen-bond acceptors (Lipinski definition) is 4. The molecule has 0 aliphatic carbocycles. The molecular formula is C17H17NO4. The largest absolute Gasteiger partial charge is 0.491 e. The number of cyclic esters (lactones) is 1. The van der Waals surface area contributed by atoms with E-state index < -0.39 is 6.09 Å². The fourth-order valence-corrected chi connectivity index (χ4v) is 2.09. The molecule has 3 rings (SSSR count). The summed E-state index contributed by atoms with van der Waals surface area (Å²) in [6, 6.07) is 17.3. The van der Waals surface area contributed by atoms with Crippen molar-refractivity contribution in [1.29, 1.82) is 0 Å². The van der Waals surface area contributed by atoms with E-state index in [-0.39, 0.29) is 6.04 Å². The standard InChI is InChI=1S/C17H17NO4/c19-17-18-14(12-22-17)11-21-16-8-6-15(7-9-16)20-10-13-4-2-1-3-5-13/h1-9,14H,10-12H2,(H,18,19). The van der Waals surface area contributed by atoms with Crippen LogP contribution < -0.4 is 14.8 Å². The van der Waals surface area contributed by atoms with Gasteiger partial charge < -0.3 is 19.5 Å². The van der Waals surface area contributed by atoms with E-state index in [0.717, 1.165) is 17.1 Å². The average molecular weight is 299 g/mol. The van der Waals surface area contributed by atoms with Gasteiger partial charge in [0.15, 0.2) is 0 Å². The zero-order valence-corrected chi connectivity index (χ0v) is 12.0. The first kappa shape index (κ1) is 14.3. The predicted octanol–water partition coefficient (Wildman–Crippen LogP) is 2.75. The maximum atomic E-state index is 10.9. The molecular weight excluding hydrogens is 282 g/mol. The van der Waals surface area contributed by atoms with Gasteiger partial charge in [0, 0.05) is 0 Å². The smallest absolute Gasteiger partial charge is 0.407 e. The minimum absolute atomic E-state index is 0.0958. The van der Waals surface area contributed by atoms with Gasteiger partial charge in [-0.15, -0.1) is 0 Å². The quantitative estimate of drug-likeness (QED) is 0.891. The third-order valence-corrected chi connectivity index (χ3v) is 3.26. The second kappa shape index (κ2) is 6.85. The molecule has 5 heteroatoms. The zero-order chi connectivity index (χ0) is 15.2. The normalized spacial score (nSPS) is 16.7. The Bertz CT molecular complexity index is 612. The molecule has 5 nitrogen and oxygen atoms in total. The Hall–Kier alpha value is -2.69. The number of hydrogen-bond donors (Lipinski definition) is 1. The van der Waals surface area contributed by atoms with Gasteiger partial charge in [0.2, 0.25) is 0 Å². The van der Waals surface area contributed by atoms with Crippen molar-refractivity contribution < 1.29 is 19.0 Å². The summed E-state index contributed by atoms with van der Waals surface area (Å²) in [5.74, 6) is 1.52. The second-order valence-corrected chi connectivity index (χ2v) is 5.00. The van der Waals surface area contributed by atoms with Crippen molar-refractivity contribution in [1.82, 2.24) is 5.32 Å². The monoisotopic (exact) mass is 299 g/mol. The highest BCUT2D eigenvalue weighted by Crippen LogP contribution is 2.19. The van der Waals surface area contributed by atoms with Crippen molar-refractivity contribution >= 4 is 6.09 Å². The molecule has 1 heterocycles. The molecule has 2 aromatic rings. The van der Waals surface area contributed by atoms with Crippen LogP contribution in [0.4, 0.5) is 4.79 Å². The first-order chi connectivity index (χ1) is 10.8. The minimum Gasteiger partial charge on any atom is -0.491 e. The van der Waals surface area contributed by atoms with Crippen molar-refractivity contribution in [2.24, 2.45) is 0 Å². The molecule has 114 valence electrons. The fourth-order valence-electron chi connectivity index (χ4n) is 2.09. The van der Waals surface area contributed by atoms with E-state index in [1.807, 2.05) is 54.6 Å². The fraction of sp³-hybridized carbons (Fsp3) is 0.235. The molecule has 1 atom stereocenters. The lowest BCUT2D eigenvalue weighted by molar-refractivity contribution is 0.174. The maximum absolute atomic E-state index is 10.9. The first-order valence-corrected chi connectivity index (χ1v) is 7.12. The lowest BCUT2D eigenvalue weighted by Crippen LogP contribution is -2.32. The molecule has 1 N–H and O–H groups in total. The van der Waals surface area contributed by atoms with Crippen LogP contribution >= 0.6 is 0 Å². The molecule has 1 saturated heterocycles. The Morgan fingerprint density at radius 3 is 2.32 bits per heavy atom. The third kappa shape index (κ3) is 3.91. The van der Waals surface area contributed by atoms with E-state index in [4.69, 9.17) is 14.2 Å². The predicted molar refractivity (Wildman–Crippen MR) is 81.0 cm³/mol. The summed E-state index contributed by atoms with van der Waals surface area (Å²) < 4.78 is 16.1. The Kier molecular flexibility index (Phi) is 4.44. The van der Waals surface area contributed by atoms with Crippen LogP contribution in [0.3, 0.4) is 0 Å². The van der Waals surface area contributed by atoms with Gasteiger partial charge in [0.05, 0.1) is 0 Å².